The number of aliphatic imine (C=N–C) groups is 1. The van der Waals surface area contributed by atoms with E-state index < -0.39 is 5.60 Å². The lowest BCUT2D eigenvalue weighted by molar-refractivity contribution is -0.0179. The maximum Gasteiger partial charge on any atom is 0.191 e. The van der Waals surface area contributed by atoms with Crippen molar-refractivity contribution in [2.75, 3.05) is 52.5 Å². The third kappa shape index (κ3) is 8.13. The molecule has 0 radical (unpaired) electrons. The number of rotatable bonds is 8. The molecule has 2 rings (SSSR count). The Morgan fingerprint density at radius 2 is 2.11 bits per heavy atom. The monoisotopic (exact) mass is 444 g/mol. The standard InChI is InChI=1S/C19H30BrFN4O2/c1-3-22-18(23-7-6-15-4-5-17(21)16(20)12-15)24-13-19(2,26)14-25-8-10-27-11-9-25/h4-5,12,26H,3,6-11,13-14H2,1-2H3,(H2,22,23,24). The normalized spacial score (nSPS) is 18.2. The molecule has 3 N–H and O–H groups in total. The van der Waals surface area contributed by atoms with Gasteiger partial charge in [-0.3, -0.25) is 9.89 Å². The Bertz CT molecular complexity index is 622. The second-order valence-electron chi connectivity index (χ2n) is 7.01. The van der Waals surface area contributed by atoms with Crippen LogP contribution in [0.4, 0.5) is 4.39 Å². The smallest absolute Gasteiger partial charge is 0.191 e. The van der Waals surface area contributed by atoms with Crippen LogP contribution in [0.1, 0.15) is 19.4 Å². The summed E-state index contributed by atoms with van der Waals surface area (Å²) in [5.74, 6) is 0.407. The molecule has 0 aromatic heterocycles. The largest absolute Gasteiger partial charge is 0.387 e. The van der Waals surface area contributed by atoms with Crippen LogP contribution in [0.3, 0.4) is 0 Å². The van der Waals surface area contributed by atoms with Gasteiger partial charge in [-0.25, -0.2) is 4.39 Å². The van der Waals surface area contributed by atoms with Crippen LogP contribution in [-0.4, -0.2) is 74.0 Å². The highest BCUT2D eigenvalue weighted by atomic mass is 79.9. The Hall–Kier alpha value is -1.22. The molecule has 1 aromatic carbocycles. The van der Waals surface area contributed by atoms with Gasteiger partial charge in [-0.1, -0.05) is 6.07 Å². The maximum absolute atomic E-state index is 13.3. The number of morpholine rings is 1. The number of guanidine groups is 1. The van der Waals surface area contributed by atoms with Gasteiger partial charge in [0.25, 0.3) is 0 Å². The molecule has 1 aliphatic heterocycles. The van der Waals surface area contributed by atoms with E-state index in [4.69, 9.17) is 4.74 Å². The lowest BCUT2D eigenvalue weighted by Crippen LogP contribution is -2.48. The van der Waals surface area contributed by atoms with Crippen LogP contribution in [0.5, 0.6) is 0 Å². The molecule has 0 aliphatic carbocycles. The van der Waals surface area contributed by atoms with Crippen LogP contribution in [0, 0.1) is 5.82 Å². The summed E-state index contributed by atoms with van der Waals surface area (Å²) in [7, 11) is 0. The number of halogens is 2. The SMILES string of the molecule is CCNC(=NCC(C)(O)CN1CCOCC1)NCCc1ccc(F)c(Br)c1. The van der Waals surface area contributed by atoms with Gasteiger partial charge in [0.15, 0.2) is 5.96 Å². The summed E-state index contributed by atoms with van der Waals surface area (Å²) in [5.41, 5.74) is 0.132. The number of hydrogen-bond acceptors (Lipinski definition) is 4. The molecule has 152 valence electrons. The molecule has 6 nitrogen and oxygen atoms in total. The van der Waals surface area contributed by atoms with E-state index >= 15 is 0 Å². The molecule has 8 heteroatoms. The summed E-state index contributed by atoms with van der Waals surface area (Å²) in [6, 6.07) is 5.02. The molecule has 0 saturated carbocycles. The molecule has 1 aromatic rings. The van der Waals surface area contributed by atoms with Crippen molar-refractivity contribution >= 4 is 21.9 Å². The molecule has 0 amide bonds. The third-order valence-corrected chi connectivity index (χ3v) is 4.89. The first-order chi connectivity index (χ1) is 12.9. The first-order valence-electron chi connectivity index (χ1n) is 9.38. The summed E-state index contributed by atoms with van der Waals surface area (Å²) in [4.78, 5) is 6.73. The average Bonchev–Trinajstić information content (AvgIpc) is 2.63. The van der Waals surface area contributed by atoms with Gasteiger partial charge in [0.1, 0.15) is 5.82 Å². The van der Waals surface area contributed by atoms with E-state index in [2.05, 4.69) is 36.5 Å². The predicted octanol–water partition coefficient (Wildman–Crippen LogP) is 1.77. The zero-order chi connectivity index (χ0) is 19.7. The van der Waals surface area contributed by atoms with E-state index in [1.807, 2.05) is 13.8 Å². The van der Waals surface area contributed by atoms with Crippen molar-refractivity contribution in [2.45, 2.75) is 25.9 Å². The third-order valence-electron chi connectivity index (χ3n) is 4.28. The van der Waals surface area contributed by atoms with Crippen molar-refractivity contribution in [1.29, 1.82) is 0 Å². The summed E-state index contributed by atoms with van der Waals surface area (Å²) < 4.78 is 19.1. The summed E-state index contributed by atoms with van der Waals surface area (Å²) in [6.45, 7) is 9.19. The minimum absolute atomic E-state index is 0.260. The van der Waals surface area contributed by atoms with Crippen LogP contribution >= 0.6 is 15.9 Å². The number of aliphatic hydroxyl groups is 1. The van der Waals surface area contributed by atoms with Gasteiger partial charge in [-0.15, -0.1) is 0 Å². The van der Waals surface area contributed by atoms with Gasteiger partial charge in [-0.2, -0.15) is 0 Å². The van der Waals surface area contributed by atoms with Crippen LogP contribution in [-0.2, 0) is 11.2 Å². The number of hydrogen-bond donors (Lipinski definition) is 3. The van der Waals surface area contributed by atoms with Gasteiger partial charge in [-0.05, 0) is 53.9 Å². The summed E-state index contributed by atoms with van der Waals surface area (Å²) in [6.07, 6.45) is 0.744. The van der Waals surface area contributed by atoms with E-state index in [0.29, 0.717) is 43.3 Å². The molecule has 1 unspecified atom stereocenters. The van der Waals surface area contributed by atoms with Gasteiger partial charge in [0, 0.05) is 32.7 Å². The zero-order valence-corrected chi connectivity index (χ0v) is 17.7. The van der Waals surface area contributed by atoms with Gasteiger partial charge < -0.3 is 20.5 Å². The molecule has 1 heterocycles. The van der Waals surface area contributed by atoms with E-state index in [9.17, 15) is 9.50 Å². The molecule has 1 saturated heterocycles. The van der Waals surface area contributed by atoms with Crippen LogP contribution in [0.25, 0.3) is 0 Å². The molecule has 1 atom stereocenters. The van der Waals surface area contributed by atoms with Crippen LogP contribution < -0.4 is 10.6 Å². The topological polar surface area (TPSA) is 69.1 Å². The Kier molecular flexibility index (Phi) is 8.95. The fourth-order valence-corrected chi connectivity index (χ4v) is 3.33. The van der Waals surface area contributed by atoms with E-state index in [1.54, 1.807) is 12.1 Å². The Balaban J connectivity index is 1.83. The van der Waals surface area contributed by atoms with E-state index in [1.165, 1.54) is 6.07 Å². The number of nitrogens with zero attached hydrogens (tertiary/aromatic N) is 2. The Morgan fingerprint density at radius 1 is 1.37 bits per heavy atom. The lowest BCUT2D eigenvalue weighted by Gasteiger charge is -2.33. The average molecular weight is 445 g/mol. The predicted molar refractivity (Wildman–Crippen MR) is 110 cm³/mol. The van der Waals surface area contributed by atoms with Crippen molar-refractivity contribution < 1.29 is 14.2 Å². The Morgan fingerprint density at radius 3 is 2.78 bits per heavy atom. The molecule has 0 bridgehead atoms. The fourth-order valence-electron chi connectivity index (χ4n) is 2.90. The molecule has 1 fully saturated rings. The highest BCUT2D eigenvalue weighted by molar-refractivity contribution is 9.10. The van der Waals surface area contributed by atoms with Gasteiger partial charge in [0.05, 0.1) is 29.8 Å². The number of nitrogens with one attached hydrogen (secondary N) is 2. The second-order valence-corrected chi connectivity index (χ2v) is 7.86. The number of β-amino-alcohol motifs (C(OH)–C–C–N with tert-alkyl or cyclic N) is 1. The summed E-state index contributed by atoms with van der Waals surface area (Å²) in [5, 5.41) is 17.1. The van der Waals surface area contributed by atoms with Gasteiger partial charge >= 0.3 is 0 Å². The minimum Gasteiger partial charge on any atom is -0.387 e. The highest BCUT2D eigenvalue weighted by Gasteiger charge is 2.25. The van der Waals surface area contributed by atoms with Crippen molar-refractivity contribution in [3.05, 3.63) is 34.1 Å². The zero-order valence-electron chi connectivity index (χ0n) is 16.1. The van der Waals surface area contributed by atoms with Crippen LogP contribution in [0.15, 0.2) is 27.7 Å². The minimum atomic E-state index is -0.901. The summed E-state index contributed by atoms with van der Waals surface area (Å²) >= 11 is 3.21. The fraction of sp³-hybridized carbons (Fsp3) is 0.632. The number of ether oxygens (including phenoxy) is 1. The van der Waals surface area contributed by atoms with Crippen molar-refractivity contribution in [3.63, 3.8) is 0 Å². The second kappa shape index (κ2) is 10.9. The lowest BCUT2D eigenvalue weighted by atomic mass is 10.1. The number of benzene rings is 1. The van der Waals surface area contributed by atoms with Gasteiger partial charge in [0.2, 0.25) is 0 Å². The van der Waals surface area contributed by atoms with Crippen LogP contribution in [0.2, 0.25) is 0 Å². The highest BCUT2D eigenvalue weighted by Crippen LogP contribution is 2.17. The van der Waals surface area contributed by atoms with Crippen molar-refractivity contribution in [3.8, 4) is 0 Å². The molecular weight excluding hydrogens is 415 g/mol. The van der Waals surface area contributed by atoms with Crippen molar-refractivity contribution in [1.82, 2.24) is 15.5 Å². The molecule has 0 spiro atoms. The first-order valence-corrected chi connectivity index (χ1v) is 10.2. The quantitative estimate of drug-likeness (QED) is 0.421. The molecule has 1 aliphatic rings. The molecule has 27 heavy (non-hydrogen) atoms. The van der Waals surface area contributed by atoms with E-state index in [-0.39, 0.29) is 5.82 Å². The van der Waals surface area contributed by atoms with E-state index in [0.717, 1.165) is 31.6 Å². The Labute approximate surface area is 169 Å². The maximum atomic E-state index is 13.3. The molecular formula is C19H30BrFN4O2. The van der Waals surface area contributed by atoms with Crippen molar-refractivity contribution in [2.24, 2.45) is 4.99 Å². The first kappa shape index (κ1) is 22.1.